The third-order valence-electron chi connectivity index (χ3n) is 4.25. The predicted molar refractivity (Wildman–Crippen MR) is 94.1 cm³/mol. The zero-order chi connectivity index (χ0) is 15.9. The van der Waals surface area contributed by atoms with Crippen LogP contribution >= 0.6 is 0 Å². The molecule has 1 saturated heterocycles. The van der Waals surface area contributed by atoms with E-state index >= 15 is 0 Å². The van der Waals surface area contributed by atoms with E-state index in [0.717, 1.165) is 25.0 Å². The summed E-state index contributed by atoms with van der Waals surface area (Å²) in [6.45, 7) is 4.41. The van der Waals surface area contributed by atoms with Crippen LogP contribution in [0.15, 0.2) is 35.3 Å². The predicted octanol–water partition coefficient (Wildman–Crippen LogP) is 2.38. The summed E-state index contributed by atoms with van der Waals surface area (Å²) < 4.78 is 0. The van der Waals surface area contributed by atoms with Crippen molar-refractivity contribution in [2.24, 2.45) is 10.9 Å². The number of hydrogen-bond donors (Lipinski definition) is 0. The lowest BCUT2D eigenvalue weighted by Crippen LogP contribution is -2.37. The number of rotatable bonds is 4. The van der Waals surface area contributed by atoms with Gasteiger partial charge in [0.2, 0.25) is 0 Å². The van der Waals surface area contributed by atoms with Crippen LogP contribution in [0.4, 0.5) is 0 Å². The van der Waals surface area contributed by atoms with Crippen molar-refractivity contribution in [2.45, 2.75) is 19.4 Å². The number of hydrogen-bond acceptors (Lipinski definition) is 2. The number of likely N-dealkylation sites (tertiary alicyclic amines) is 1. The van der Waals surface area contributed by atoms with Crippen molar-refractivity contribution in [3.8, 4) is 0 Å². The molecule has 1 aliphatic rings. The van der Waals surface area contributed by atoms with Crippen LogP contribution in [0.2, 0.25) is 0 Å². The van der Waals surface area contributed by atoms with Gasteiger partial charge in [-0.3, -0.25) is 9.89 Å². The first-order valence-electron chi connectivity index (χ1n) is 8.21. The Kier molecular flexibility index (Phi) is 6.25. The van der Waals surface area contributed by atoms with E-state index in [4.69, 9.17) is 4.99 Å². The molecule has 4 nitrogen and oxygen atoms in total. The maximum Gasteiger partial charge on any atom is 0.195 e. The molecular weight excluding hydrogens is 272 g/mol. The van der Waals surface area contributed by atoms with Crippen LogP contribution in [0, 0.1) is 5.92 Å². The molecule has 1 fully saturated rings. The Morgan fingerprint density at radius 3 is 2.18 bits per heavy atom. The van der Waals surface area contributed by atoms with Gasteiger partial charge in [-0.25, -0.2) is 0 Å². The fraction of sp³-hybridized carbons (Fsp3) is 0.611. The Balaban J connectivity index is 1.78. The second-order valence-electron chi connectivity index (χ2n) is 6.63. The quantitative estimate of drug-likeness (QED) is 0.630. The molecule has 0 N–H and O–H groups in total. The van der Waals surface area contributed by atoms with Crippen LogP contribution < -0.4 is 0 Å². The first-order valence-corrected chi connectivity index (χ1v) is 8.21. The average Bonchev–Trinajstić information content (AvgIpc) is 2.49. The molecule has 1 aliphatic heterocycles. The van der Waals surface area contributed by atoms with Crippen LogP contribution in [-0.4, -0.2) is 68.5 Å². The number of benzene rings is 1. The van der Waals surface area contributed by atoms with Gasteiger partial charge in [0, 0.05) is 41.3 Å². The lowest BCUT2D eigenvalue weighted by molar-refractivity contribution is 0.180. The van der Waals surface area contributed by atoms with E-state index < -0.39 is 0 Å². The van der Waals surface area contributed by atoms with Crippen molar-refractivity contribution < 1.29 is 0 Å². The SMILES string of the molecule is CN(C)C(=NCC1CCN(Cc2ccccc2)CC1)N(C)C. The minimum Gasteiger partial charge on any atom is -0.349 e. The molecule has 0 bridgehead atoms. The van der Waals surface area contributed by atoms with E-state index in [-0.39, 0.29) is 0 Å². The monoisotopic (exact) mass is 302 g/mol. The van der Waals surface area contributed by atoms with E-state index in [1.165, 1.54) is 31.5 Å². The Morgan fingerprint density at radius 2 is 1.64 bits per heavy atom. The van der Waals surface area contributed by atoms with Crippen molar-refractivity contribution in [2.75, 3.05) is 47.8 Å². The molecule has 0 aromatic heterocycles. The number of guanidine groups is 1. The smallest absolute Gasteiger partial charge is 0.195 e. The highest BCUT2D eigenvalue weighted by Crippen LogP contribution is 2.19. The Hall–Kier alpha value is -1.55. The van der Waals surface area contributed by atoms with Gasteiger partial charge in [-0.1, -0.05) is 30.3 Å². The Bertz CT molecular complexity index is 449. The van der Waals surface area contributed by atoms with Crippen molar-refractivity contribution in [1.29, 1.82) is 0 Å². The molecule has 0 atom stereocenters. The second-order valence-corrected chi connectivity index (χ2v) is 6.63. The summed E-state index contributed by atoms with van der Waals surface area (Å²) in [6, 6.07) is 10.8. The number of piperidine rings is 1. The molecule has 0 radical (unpaired) electrons. The van der Waals surface area contributed by atoms with E-state index in [1.807, 2.05) is 0 Å². The van der Waals surface area contributed by atoms with Crippen molar-refractivity contribution >= 4 is 5.96 Å². The van der Waals surface area contributed by atoms with Gasteiger partial charge in [-0.2, -0.15) is 0 Å². The third kappa shape index (κ3) is 5.02. The lowest BCUT2D eigenvalue weighted by atomic mass is 9.96. The maximum absolute atomic E-state index is 4.81. The molecule has 0 saturated carbocycles. The maximum atomic E-state index is 4.81. The highest BCUT2D eigenvalue weighted by atomic mass is 15.3. The topological polar surface area (TPSA) is 22.1 Å². The Morgan fingerprint density at radius 1 is 1.05 bits per heavy atom. The highest BCUT2D eigenvalue weighted by molar-refractivity contribution is 5.79. The number of aliphatic imine (C=N–C) groups is 1. The Labute approximate surface area is 135 Å². The van der Waals surface area contributed by atoms with Gasteiger partial charge >= 0.3 is 0 Å². The normalized spacial score (nSPS) is 16.4. The van der Waals surface area contributed by atoms with Crippen molar-refractivity contribution in [3.05, 3.63) is 35.9 Å². The fourth-order valence-electron chi connectivity index (χ4n) is 3.06. The van der Waals surface area contributed by atoms with Gasteiger partial charge in [0.1, 0.15) is 0 Å². The van der Waals surface area contributed by atoms with Crippen LogP contribution in [-0.2, 0) is 6.54 Å². The van der Waals surface area contributed by atoms with Gasteiger partial charge in [0.15, 0.2) is 5.96 Å². The standard InChI is InChI=1S/C18H30N4/c1-20(2)18(21(3)4)19-14-16-10-12-22(13-11-16)15-17-8-6-5-7-9-17/h5-9,16H,10-15H2,1-4H3. The summed E-state index contributed by atoms with van der Waals surface area (Å²) in [5.41, 5.74) is 1.42. The van der Waals surface area contributed by atoms with E-state index in [2.05, 4.69) is 73.2 Å². The van der Waals surface area contributed by atoms with Crippen molar-refractivity contribution in [1.82, 2.24) is 14.7 Å². The van der Waals surface area contributed by atoms with Crippen molar-refractivity contribution in [3.63, 3.8) is 0 Å². The minimum atomic E-state index is 0.724. The van der Waals surface area contributed by atoms with Gasteiger partial charge < -0.3 is 9.80 Å². The van der Waals surface area contributed by atoms with Crippen LogP contribution in [0.1, 0.15) is 18.4 Å². The molecule has 4 heteroatoms. The number of nitrogens with zero attached hydrogens (tertiary/aromatic N) is 4. The summed E-state index contributed by atoms with van der Waals surface area (Å²) >= 11 is 0. The van der Waals surface area contributed by atoms with Crippen LogP contribution in [0.3, 0.4) is 0 Å². The van der Waals surface area contributed by atoms with Crippen LogP contribution in [0.25, 0.3) is 0 Å². The molecule has 1 aromatic carbocycles. The first-order chi connectivity index (χ1) is 10.6. The summed E-state index contributed by atoms with van der Waals surface area (Å²) in [7, 11) is 8.23. The molecule has 122 valence electrons. The summed E-state index contributed by atoms with van der Waals surface area (Å²) in [4.78, 5) is 11.5. The summed E-state index contributed by atoms with van der Waals surface area (Å²) in [5, 5.41) is 0. The molecule has 0 spiro atoms. The largest absolute Gasteiger partial charge is 0.349 e. The summed E-state index contributed by atoms with van der Waals surface area (Å²) in [6.07, 6.45) is 2.51. The molecule has 1 aromatic rings. The van der Waals surface area contributed by atoms with E-state index in [1.54, 1.807) is 0 Å². The highest BCUT2D eigenvalue weighted by Gasteiger charge is 2.19. The molecule has 0 amide bonds. The molecule has 1 heterocycles. The second kappa shape index (κ2) is 8.18. The van der Waals surface area contributed by atoms with Gasteiger partial charge in [-0.15, -0.1) is 0 Å². The molecule has 22 heavy (non-hydrogen) atoms. The summed E-state index contributed by atoms with van der Waals surface area (Å²) in [5.74, 6) is 1.79. The molecule has 2 rings (SSSR count). The van der Waals surface area contributed by atoms with E-state index in [0.29, 0.717) is 0 Å². The van der Waals surface area contributed by atoms with Gasteiger partial charge in [-0.05, 0) is 37.4 Å². The van der Waals surface area contributed by atoms with Gasteiger partial charge in [0.05, 0.1) is 0 Å². The van der Waals surface area contributed by atoms with Gasteiger partial charge in [0.25, 0.3) is 0 Å². The lowest BCUT2D eigenvalue weighted by Gasteiger charge is -2.32. The zero-order valence-electron chi connectivity index (χ0n) is 14.5. The average molecular weight is 302 g/mol. The third-order valence-corrected chi connectivity index (χ3v) is 4.25. The van der Waals surface area contributed by atoms with E-state index in [9.17, 15) is 0 Å². The molecule has 0 unspecified atom stereocenters. The minimum absolute atomic E-state index is 0.724. The molecule has 0 aliphatic carbocycles. The molecular formula is C18H30N4. The fourth-order valence-corrected chi connectivity index (χ4v) is 3.06. The first kappa shape index (κ1) is 16.8. The van der Waals surface area contributed by atoms with Crippen LogP contribution in [0.5, 0.6) is 0 Å². The zero-order valence-corrected chi connectivity index (χ0v) is 14.5.